The topological polar surface area (TPSA) is 74.7 Å². The summed E-state index contributed by atoms with van der Waals surface area (Å²) in [7, 11) is 1.83. The maximum atomic E-state index is 11.8. The molecule has 0 atom stereocenters. The molecule has 7 heteroatoms. The van der Waals surface area contributed by atoms with Gasteiger partial charge in [-0.05, 0) is 7.05 Å². The highest BCUT2D eigenvalue weighted by molar-refractivity contribution is 7.13. The van der Waals surface area contributed by atoms with E-state index in [-0.39, 0.29) is 12.5 Å². The van der Waals surface area contributed by atoms with Gasteiger partial charge in [0.1, 0.15) is 0 Å². The highest BCUT2D eigenvalue weighted by atomic mass is 32.1. The van der Waals surface area contributed by atoms with Crippen LogP contribution < -0.4 is 5.32 Å². The van der Waals surface area contributed by atoms with Gasteiger partial charge in [0, 0.05) is 44.2 Å². The lowest BCUT2D eigenvalue weighted by Gasteiger charge is -2.35. The van der Waals surface area contributed by atoms with Gasteiger partial charge in [-0.2, -0.15) is 0 Å². The van der Waals surface area contributed by atoms with E-state index < -0.39 is 5.60 Å². The molecule has 0 bridgehead atoms. The van der Waals surface area contributed by atoms with Crippen LogP contribution in [0.25, 0.3) is 0 Å². The first-order valence-corrected chi connectivity index (χ1v) is 7.13. The van der Waals surface area contributed by atoms with Gasteiger partial charge in [-0.15, -0.1) is 11.3 Å². The number of amides is 1. The lowest BCUT2D eigenvalue weighted by atomic mass is 9.94. The molecule has 0 aromatic carbocycles. The van der Waals surface area contributed by atoms with Gasteiger partial charge in [-0.1, -0.05) is 0 Å². The second-order valence-electron chi connectivity index (χ2n) is 4.89. The fraction of sp³-hybridized carbons (Fsp3) is 0.667. The Hall–Kier alpha value is -1.02. The standard InChI is InChI=1S/C12H19N3O3S/c1-15(9-12(17)2-5-18-6-3-12)8-10(16)14-11-13-4-7-19-11/h4,7,17H,2-3,5-6,8-9H2,1H3,(H,13,14,16). The molecule has 1 aliphatic rings. The summed E-state index contributed by atoms with van der Waals surface area (Å²) >= 11 is 1.39. The molecule has 2 heterocycles. The molecule has 0 saturated carbocycles. The minimum absolute atomic E-state index is 0.117. The van der Waals surface area contributed by atoms with Crippen molar-refractivity contribution in [3.63, 3.8) is 0 Å². The van der Waals surface area contributed by atoms with E-state index in [1.54, 1.807) is 6.20 Å². The van der Waals surface area contributed by atoms with Crippen LogP contribution in [0.3, 0.4) is 0 Å². The summed E-state index contributed by atoms with van der Waals surface area (Å²) in [5.74, 6) is -0.117. The van der Waals surface area contributed by atoms with Crippen molar-refractivity contribution in [3.05, 3.63) is 11.6 Å². The Morgan fingerprint density at radius 3 is 3.00 bits per heavy atom. The van der Waals surface area contributed by atoms with Crippen LogP contribution in [0, 0.1) is 0 Å². The number of hydrogen-bond donors (Lipinski definition) is 2. The monoisotopic (exact) mass is 285 g/mol. The van der Waals surface area contributed by atoms with Crippen molar-refractivity contribution in [2.24, 2.45) is 0 Å². The van der Waals surface area contributed by atoms with Crippen LogP contribution in [0.15, 0.2) is 11.6 Å². The van der Waals surface area contributed by atoms with Gasteiger partial charge in [-0.25, -0.2) is 4.98 Å². The molecule has 1 saturated heterocycles. The number of carbonyl (C=O) groups is 1. The van der Waals surface area contributed by atoms with E-state index in [4.69, 9.17) is 4.74 Å². The van der Waals surface area contributed by atoms with Crippen molar-refractivity contribution in [1.29, 1.82) is 0 Å². The Bertz CT molecular complexity index is 404. The van der Waals surface area contributed by atoms with Crippen LogP contribution in [-0.2, 0) is 9.53 Å². The van der Waals surface area contributed by atoms with Crippen LogP contribution in [0.1, 0.15) is 12.8 Å². The number of hydrogen-bond acceptors (Lipinski definition) is 6. The highest BCUT2D eigenvalue weighted by Crippen LogP contribution is 2.21. The number of anilines is 1. The molecular weight excluding hydrogens is 266 g/mol. The number of ether oxygens (including phenoxy) is 1. The van der Waals surface area contributed by atoms with Crippen LogP contribution >= 0.6 is 11.3 Å². The molecular formula is C12H19N3O3S. The SMILES string of the molecule is CN(CC(=O)Nc1nccs1)CC1(O)CCOCC1. The van der Waals surface area contributed by atoms with Gasteiger partial charge in [0.05, 0.1) is 12.1 Å². The van der Waals surface area contributed by atoms with Crippen LogP contribution in [0.2, 0.25) is 0 Å². The predicted octanol–water partition coefficient (Wildman–Crippen LogP) is 0.555. The molecule has 0 spiro atoms. The molecule has 6 nitrogen and oxygen atoms in total. The molecule has 1 aliphatic heterocycles. The Balaban J connectivity index is 1.77. The Morgan fingerprint density at radius 2 is 2.37 bits per heavy atom. The first-order valence-electron chi connectivity index (χ1n) is 6.25. The molecule has 19 heavy (non-hydrogen) atoms. The van der Waals surface area contributed by atoms with Gasteiger partial charge < -0.3 is 15.2 Å². The number of likely N-dealkylation sites (N-methyl/N-ethyl adjacent to an activating group) is 1. The number of nitrogens with one attached hydrogen (secondary N) is 1. The second-order valence-corrected chi connectivity index (χ2v) is 5.79. The predicted molar refractivity (Wildman–Crippen MR) is 73.2 cm³/mol. The Labute approximate surface area is 116 Å². The van der Waals surface area contributed by atoms with E-state index in [0.29, 0.717) is 37.7 Å². The molecule has 2 N–H and O–H groups in total. The minimum Gasteiger partial charge on any atom is -0.388 e. The number of aliphatic hydroxyl groups is 1. The summed E-state index contributed by atoms with van der Waals surface area (Å²) in [5, 5.41) is 15.5. The highest BCUT2D eigenvalue weighted by Gasteiger charge is 2.31. The smallest absolute Gasteiger partial charge is 0.240 e. The fourth-order valence-electron chi connectivity index (χ4n) is 2.16. The minimum atomic E-state index is -0.742. The lowest BCUT2D eigenvalue weighted by Crippen LogP contribution is -2.47. The van der Waals surface area contributed by atoms with Crippen LogP contribution in [0.5, 0.6) is 0 Å². The molecule has 2 rings (SSSR count). The lowest BCUT2D eigenvalue weighted by molar-refractivity contribution is -0.118. The number of carbonyl (C=O) groups excluding carboxylic acids is 1. The summed E-state index contributed by atoms with van der Waals surface area (Å²) in [6, 6.07) is 0. The summed E-state index contributed by atoms with van der Waals surface area (Å²) in [6.07, 6.45) is 2.88. The quantitative estimate of drug-likeness (QED) is 0.826. The van der Waals surface area contributed by atoms with E-state index in [9.17, 15) is 9.90 Å². The Morgan fingerprint density at radius 1 is 1.63 bits per heavy atom. The molecule has 1 fully saturated rings. The molecule has 0 aliphatic carbocycles. The molecule has 0 unspecified atom stereocenters. The third-order valence-corrected chi connectivity index (χ3v) is 3.77. The van der Waals surface area contributed by atoms with Gasteiger partial charge in [0.2, 0.25) is 5.91 Å². The number of thiazole rings is 1. The molecule has 1 amide bonds. The summed E-state index contributed by atoms with van der Waals surface area (Å²) in [4.78, 5) is 17.6. The zero-order valence-electron chi connectivity index (χ0n) is 11.0. The van der Waals surface area contributed by atoms with E-state index in [1.807, 2.05) is 17.3 Å². The molecule has 0 radical (unpaired) electrons. The maximum absolute atomic E-state index is 11.8. The Kier molecular flexibility index (Phi) is 4.87. The third-order valence-electron chi connectivity index (χ3n) is 3.08. The van der Waals surface area contributed by atoms with Crippen molar-refractivity contribution < 1.29 is 14.6 Å². The van der Waals surface area contributed by atoms with Crippen LogP contribution in [0.4, 0.5) is 5.13 Å². The largest absolute Gasteiger partial charge is 0.388 e. The van der Waals surface area contributed by atoms with Crippen LogP contribution in [-0.4, -0.2) is 59.8 Å². The second kappa shape index (κ2) is 6.42. The normalized spacial score (nSPS) is 18.5. The van der Waals surface area contributed by atoms with Gasteiger partial charge >= 0.3 is 0 Å². The van der Waals surface area contributed by atoms with Gasteiger partial charge in [-0.3, -0.25) is 9.69 Å². The first kappa shape index (κ1) is 14.4. The zero-order chi connectivity index (χ0) is 13.7. The van der Waals surface area contributed by atoms with Gasteiger partial charge in [0.25, 0.3) is 0 Å². The summed E-state index contributed by atoms with van der Waals surface area (Å²) in [5.41, 5.74) is -0.742. The first-order chi connectivity index (χ1) is 9.07. The fourth-order valence-corrected chi connectivity index (χ4v) is 2.70. The van der Waals surface area contributed by atoms with E-state index in [1.165, 1.54) is 11.3 Å². The number of rotatable bonds is 5. The van der Waals surface area contributed by atoms with Crippen molar-refractivity contribution in [1.82, 2.24) is 9.88 Å². The summed E-state index contributed by atoms with van der Waals surface area (Å²) in [6.45, 7) is 1.87. The van der Waals surface area contributed by atoms with Crippen molar-refractivity contribution >= 4 is 22.4 Å². The molecule has 1 aromatic rings. The number of nitrogens with zero attached hydrogens (tertiary/aromatic N) is 2. The van der Waals surface area contributed by atoms with E-state index in [2.05, 4.69) is 10.3 Å². The van der Waals surface area contributed by atoms with E-state index >= 15 is 0 Å². The van der Waals surface area contributed by atoms with Crippen molar-refractivity contribution in [3.8, 4) is 0 Å². The zero-order valence-corrected chi connectivity index (χ0v) is 11.8. The maximum Gasteiger partial charge on any atom is 0.240 e. The summed E-state index contributed by atoms with van der Waals surface area (Å²) < 4.78 is 5.23. The van der Waals surface area contributed by atoms with Gasteiger partial charge in [0.15, 0.2) is 5.13 Å². The molecule has 106 valence electrons. The van der Waals surface area contributed by atoms with Crippen molar-refractivity contribution in [2.45, 2.75) is 18.4 Å². The average molecular weight is 285 g/mol. The average Bonchev–Trinajstić information content (AvgIpc) is 2.81. The third kappa shape index (κ3) is 4.54. The van der Waals surface area contributed by atoms with Crippen molar-refractivity contribution in [2.75, 3.05) is 38.7 Å². The van der Waals surface area contributed by atoms with E-state index in [0.717, 1.165) is 0 Å². The molecule has 1 aromatic heterocycles. The number of aromatic nitrogens is 1.